The summed E-state index contributed by atoms with van der Waals surface area (Å²) < 4.78 is 14.0. The first-order chi connectivity index (χ1) is 10.7. The minimum absolute atomic E-state index is 0.320. The Labute approximate surface area is 142 Å². The van der Waals surface area contributed by atoms with Crippen molar-refractivity contribution in [1.82, 2.24) is 9.78 Å². The van der Waals surface area contributed by atoms with Gasteiger partial charge in [-0.2, -0.15) is 5.10 Å². The molecule has 0 saturated carbocycles. The number of benzene rings is 1. The highest BCUT2D eigenvalue weighted by molar-refractivity contribution is 6.62. The molecule has 0 amide bonds. The molecule has 1 aliphatic rings. The van der Waals surface area contributed by atoms with E-state index in [4.69, 9.17) is 20.9 Å². The number of hydrogen-bond donors (Lipinski definition) is 0. The van der Waals surface area contributed by atoms with E-state index in [0.29, 0.717) is 11.6 Å². The first-order valence-electron chi connectivity index (χ1n) is 7.82. The van der Waals surface area contributed by atoms with E-state index in [1.54, 1.807) is 0 Å². The van der Waals surface area contributed by atoms with E-state index in [2.05, 4.69) is 57.1 Å². The van der Waals surface area contributed by atoms with Crippen LogP contribution in [0.25, 0.3) is 0 Å². The second-order valence-electron chi connectivity index (χ2n) is 7.09. The topological polar surface area (TPSA) is 36.3 Å². The van der Waals surface area contributed by atoms with Crippen LogP contribution in [0.1, 0.15) is 39.0 Å². The molecule has 0 radical (unpaired) electrons. The lowest BCUT2D eigenvalue weighted by atomic mass is 9.79. The smallest absolute Gasteiger partial charge is 0.399 e. The summed E-state index contributed by atoms with van der Waals surface area (Å²) in [5, 5.41) is 5.07. The quantitative estimate of drug-likeness (QED) is 0.810. The van der Waals surface area contributed by atoms with Crippen LogP contribution in [0.15, 0.2) is 30.5 Å². The Hall–Kier alpha value is -1.30. The molecule has 4 nitrogen and oxygen atoms in total. The monoisotopic (exact) mass is 332 g/mol. The molecule has 1 aromatic carbocycles. The zero-order valence-corrected chi connectivity index (χ0v) is 15.0. The Morgan fingerprint density at radius 1 is 1.09 bits per heavy atom. The Morgan fingerprint density at radius 2 is 1.65 bits per heavy atom. The summed E-state index contributed by atoms with van der Waals surface area (Å²) in [5.74, 6) is 0. The van der Waals surface area contributed by atoms with Gasteiger partial charge in [-0.05, 0) is 45.6 Å². The van der Waals surface area contributed by atoms with Crippen LogP contribution < -0.4 is 5.46 Å². The first-order valence-corrected chi connectivity index (χ1v) is 8.20. The molecule has 0 aliphatic carbocycles. The average Bonchev–Trinajstić information content (AvgIpc) is 2.87. The summed E-state index contributed by atoms with van der Waals surface area (Å²) >= 11 is 6.04. The van der Waals surface area contributed by atoms with Crippen molar-refractivity contribution in [2.24, 2.45) is 0 Å². The zero-order valence-electron chi connectivity index (χ0n) is 14.3. The lowest BCUT2D eigenvalue weighted by Crippen LogP contribution is -2.41. The molecule has 0 bridgehead atoms. The lowest BCUT2D eigenvalue weighted by molar-refractivity contribution is 0.00578. The Kier molecular flexibility index (Phi) is 4.07. The number of halogens is 1. The molecular weight excluding hydrogens is 310 g/mol. The molecule has 0 atom stereocenters. The maximum atomic E-state index is 6.07. The highest BCUT2D eigenvalue weighted by Gasteiger charge is 2.51. The van der Waals surface area contributed by atoms with Gasteiger partial charge < -0.3 is 9.31 Å². The number of rotatable bonds is 3. The van der Waals surface area contributed by atoms with Crippen molar-refractivity contribution in [3.63, 3.8) is 0 Å². The van der Waals surface area contributed by atoms with E-state index in [1.807, 2.05) is 17.8 Å². The van der Waals surface area contributed by atoms with Crippen molar-refractivity contribution in [2.75, 3.05) is 0 Å². The van der Waals surface area contributed by atoms with Crippen LogP contribution in [0.3, 0.4) is 0 Å². The number of aryl methyl sites for hydroxylation is 1. The molecule has 23 heavy (non-hydrogen) atoms. The largest absolute Gasteiger partial charge is 0.494 e. The van der Waals surface area contributed by atoms with Crippen molar-refractivity contribution in [1.29, 1.82) is 0 Å². The van der Waals surface area contributed by atoms with Crippen LogP contribution in [0.5, 0.6) is 0 Å². The molecule has 2 heterocycles. The van der Waals surface area contributed by atoms with Gasteiger partial charge in [0.05, 0.1) is 28.5 Å². The van der Waals surface area contributed by atoms with Crippen molar-refractivity contribution >= 4 is 24.2 Å². The summed E-state index contributed by atoms with van der Waals surface area (Å²) in [5.41, 5.74) is 2.39. The van der Waals surface area contributed by atoms with Gasteiger partial charge >= 0.3 is 7.12 Å². The molecular formula is C17H22BClN2O2. The van der Waals surface area contributed by atoms with Crippen molar-refractivity contribution in [3.8, 4) is 0 Å². The fraction of sp³-hybridized carbons (Fsp3) is 0.471. The van der Waals surface area contributed by atoms with Crippen LogP contribution >= 0.6 is 11.6 Å². The van der Waals surface area contributed by atoms with Crippen LogP contribution in [0.2, 0.25) is 5.02 Å². The molecule has 0 unspecified atom stereocenters. The normalized spacial score (nSPS) is 19.3. The summed E-state index contributed by atoms with van der Waals surface area (Å²) in [7, 11) is -0.324. The zero-order chi connectivity index (χ0) is 16.8. The van der Waals surface area contributed by atoms with Gasteiger partial charge in [0.15, 0.2) is 0 Å². The minimum atomic E-state index is -0.324. The van der Waals surface area contributed by atoms with Gasteiger partial charge in [-0.3, -0.25) is 4.68 Å². The van der Waals surface area contributed by atoms with E-state index in [-0.39, 0.29) is 18.3 Å². The Bertz CT molecular complexity index is 674. The van der Waals surface area contributed by atoms with E-state index in [9.17, 15) is 0 Å². The Morgan fingerprint density at radius 3 is 2.13 bits per heavy atom. The SMILES string of the molecule is Cc1nn(Cc2ccc(B3OC(C)(C)C(C)(C)O3)cc2)cc1Cl. The van der Waals surface area contributed by atoms with Gasteiger partial charge in [0.2, 0.25) is 0 Å². The van der Waals surface area contributed by atoms with Crippen LogP contribution in [0.4, 0.5) is 0 Å². The third-order valence-electron chi connectivity index (χ3n) is 4.74. The molecule has 1 fully saturated rings. The lowest BCUT2D eigenvalue weighted by Gasteiger charge is -2.32. The summed E-state index contributed by atoms with van der Waals surface area (Å²) in [4.78, 5) is 0. The van der Waals surface area contributed by atoms with Crippen molar-refractivity contribution in [3.05, 3.63) is 46.7 Å². The van der Waals surface area contributed by atoms with Crippen LogP contribution in [0, 0.1) is 6.92 Å². The first kappa shape index (κ1) is 16.6. The second-order valence-corrected chi connectivity index (χ2v) is 7.50. The maximum Gasteiger partial charge on any atom is 0.494 e. The molecule has 6 heteroatoms. The number of hydrogen-bond acceptors (Lipinski definition) is 3. The van der Waals surface area contributed by atoms with Gasteiger partial charge in [0, 0.05) is 6.20 Å². The molecule has 0 spiro atoms. The van der Waals surface area contributed by atoms with E-state index in [1.165, 1.54) is 0 Å². The highest BCUT2D eigenvalue weighted by Crippen LogP contribution is 2.36. The van der Waals surface area contributed by atoms with Gasteiger partial charge in [-0.15, -0.1) is 0 Å². The third-order valence-corrected chi connectivity index (χ3v) is 5.11. The molecule has 1 saturated heterocycles. The third kappa shape index (κ3) is 3.18. The standard InChI is InChI=1S/C17H22BClN2O2/c1-12-15(19)11-21(20-12)10-13-6-8-14(9-7-13)18-22-16(2,3)17(4,5)23-18/h6-9,11H,10H2,1-5H3. The van der Waals surface area contributed by atoms with E-state index < -0.39 is 0 Å². The number of nitrogens with zero attached hydrogens (tertiary/aromatic N) is 2. The highest BCUT2D eigenvalue weighted by atomic mass is 35.5. The summed E-state index contributed by atoms with van der Waals surface area (Å²) in [6.45, 7) is 10.8. The molecule has 3 rings (SSSR count). The van der Waals surface area contributed by atoms with Crippen molar-refractivity contribution < 1.29 is 9.31 Å². The molecule has 122 valence electrons. The van der Waals surface area contributed by atoms with Gasteiger partial charge in [0.25, 0.3) is 0 Å². The summed E-state index contributed by atoms with van der Waals surface area (Å²) in [6.07, 6.45) is 1.85. The number of aromatic nitrogens is 2. The predicted octanol–water partition coefficient (Wildman–Crippen LogP) is 3.19. The van der Waals surface area contributed by atoms with Crippen LogP contribution in [-0.4, -0.2) is 28.1 Å². The fourth-order valence-corrected chi connectivity index (χ4v) is 2.67. The summed E-state index contributed by atoms with van der Waals surface area (Å²) in [6, 6.07) is 8.25. The predicted molar refractivity (Wildman–Crippen MR) is 93.2 cm³/mol. The Balaban J connectivity index is 1.73. The molecule has 0 N–H and O–H groups in total. The minimum Gasteiger partial charge on any atom is -0.399 e. The van der Waals surface area contributed by atoms with Gasteiger partial charge in [-0.1, -0.05) is 35.9 Å². The van der Waals surface area contributed by atoms with Gasteiger partial charge in [-0.25, -0.2) is 0 Å². The van der Waals surface area contributed by atoms with E-state index >= 15 is 0 Å². The van der Waals surface area contributed by atoms with Crippen molar-refractivity contribution in [2.45, 2.75) is 52.4 Å². The van der Waals surface area contributed by atoms with Gasteiger partial charge in [0.1, 0.15) is 0 Å². The van der Waals surface area contributed by atoms with Crippen LogP contribution in [-0.2, 0) is 15.9 Å². The van der Waals surface area contributed by atoms with E-state index in [0.717, 1.165) is 16.7 Å². The average molecular weight is 333 g/mol. The molecule has 1 aromatic heterocycles. The fourth-order valence-electron chi connectivity index (χ4n) is 2.52. The molecule has 2 aromatic rings. The maximum absolute atomic E-state index is 6.07. The second kappa shape index (κ2) is 5.65. The molecule has 1 aliphatic heterocycles.